The summed E-state index contributed by atoms with van der Waals surface area (Å²) in [5.74, 6) is 0.482. The van der Waals surface area contributed by atoms with Gasteiger partial charge in [0.1, 0.15) is 0 Å². The molecule has 0 bridgehead atoms. The minimum Gasteiger partial charge on any atom is -0.466 e. The molecule has 1 fully saturated rings. The Bertz CT molecular complexity index is 522. The van der Waals surface area contributed by atoms with Crippen LogP contribution in [0.3, 0.4) is 0 Å². The minimum absolute atomic E-state index is 0.0173. The number of benzene rings is 1. The second-order valence-electron chi connectivity index (χ2n) is 6.17. The highest BCUT2D eigenvalue weighted by atomic mass is 16.5. The van der Waals surface area contributed by atoms with Gasteiger partial charge in [-0.25, -0.2) is 0 Å². The zero-order chi connectivity index (χ0) is 13.7. The maximum atomic E-state index is 12.6. The fraction of sp³-hybridized carbons (Fsp3) is 0.588. The zero-order valence-corrected chi connectivity index (χ0v) is 12.0. The molecule has 3 atom stereocenters. The summed E-state index contributed by atoms with van der Waals surface area (Å²) in [6.07, 6.45) is 3.03. The molecular formula is C17H22O2. The van der Waals surface area contributed by atoms with Crippen LogP contribution in [0.5, 0.6) is 0 Å². The SMILES string of the molecule is CCOC(=O)[C@]12Cc3ccccc3[C@@]1(C)C[C@@H]2CC. The van der Waals surface area contributed by atoms with E-state index in [1.54, 1.807) is 0 Å². The Morgan fingerprint density at radius 1 is 1.37 bits per heavy atom. The van der Waals surface area contributed by atoms with Crippen LogP contribution in [-0.4, -0.2) is 12.6 Å². The Balaban J connectivity index is 2.08. The van der Waals surface area contributed by atoms with E-state index in [2.05, 4.69) is 38.1 Å². The van der Waals surface area contributed by atoms with E-state index in [1.165, 1.54) is 11.1 Å². The molecule has 1 aromatic carbocycles. The van der Waals surface area contributed by atoms with Crippen LogP contribution in [0.15, 0.2) is 24.3 Å². The van der Waals surface area contributed by atoms with E-state index in [9.17, 15) is 4.79 Å². The molecule has 0 N–H and O–H groups in total. The van der Waals surface area contributed by atoms with Gasteiger partial charge in [0.05, 0.1) is 12.0 Å². The fourth-order valence-corrected chi connectivity index (χ4v) is 4.59. The number of esters is 1. The van der Waals surface area contributed by atoms with Crippen molar-refractivity contribution >= 4 is 5.97 Å². The van der Waals surface area contributed by atoms with Crippen molar-refractivity contribution in [2.45, 2.75) is 45.4 Å². The summed E-state index contributed by atoms with van der Waals surface area (Å²) in [6.45, 7) is 6.81. The van der Waals surface area contributed by atoms with Crippen LogP contribution in [0.1, 0.15) is 44.7 Å². The predicted octanol–water partition coefficient (Wildman–Crippen LogP) is 3.48. The molecule has 2 heteroatoms. The van der Waals surface area contributed by atoms with Crippen molar-refractivity contribution in [3.8, 4) is 0 Å². The van der Waals surface area contributed by atoms with Crippen molar-refractivity contribution in [3.05, 3.63) is 35.4 Å². The molecule has 2 aliphatic carbocycles. The smallest absolute Gasteiger partial charge is 0.313 e. The lowest BCUT2D eigenvalue weighted by Crippen LogP contribution is -2.62. The van der Waals surface area contributed by atoms with E-state index in [-0.39, 0.29) is 16.8 Å². The van der Waals surface area contributed by atoms with Crippen LogP contribution < -0.4 is 0 Å². The lowest BCUT2D eigenvalue weighted by molar-refractivity contribution is -0.179. The Labute approximate surface area is 115 Å². The third kappa shape index (κ3) is 1.35. The first-order valence-corrected chi connectivity index (χ1v) is 7.35. The average molecular weight is 258 g/mol. The van der Waals surface area contributed by atoms with Gasteiger partial charge in [-0.15, -0.1) is 0 Å². The Morgan fingerprint density at radius 2 is 2.11 bits per heavy atom. The molecule has 1 saturated carbocycles. The Morgan fingerprint density at radius 3 is 2.79 bits per heavy atom. The number of hydrogen-bond donors (Lipinski definition) is 0. The second kappa shape index (κ2) is 4.09. The van der Waals surface area contributed by atoms with Gasteiger partial charge in [0.15, 0.2) is 0 Å². The third-order valence-electron chi connectivity index (χ3n) is 5.55. The van der Waals surface area contributed by atoms with Crippen molar-refractivity contribution < 1.29 is 9.53 Å². The van der Waals surface area contributed by atoms with Crippen LogP contribution in [0.2, 0.25) is 0 Å². The number of carbonyl (C=O) groups is 1. The number of hydrogen-bond acceptors (Lipinski definition) is 2. The molecule has 2 aliphatic rings. The van der Waals surface area contributed by atoms with Gasteiger partial charge in [-0.2, -0.15) is 0 Å². The van der Waals surface area contributed by atoms with E-state index in [4.69, 9.17) is 4.74 Å². The van der Waals surface area contributed by atoms with Crippen LogP contribution in [0.4, 0.5) is 0 Å². The highest BCUT2D eigenvalue weighted by Crippen LogP contribution is 2.68. The molecule has 0 saturated heterocycles. The van der Waals surface area contributed by atoms with E-state index in [0.29, 0.717) is 12.5 Å². The molecule has 0 radical (unpaired) electrons. The maximum absolute atomic E-state index is 12.6. The molecule has 0 amide bonds. The second-order valence-corrected chi connectivity index (χ2v) is 6.17. The van der Waals surface area contributed by atoms with Gasteiger partial charge in [0, 0.05) is 5.41 Å². The molecule has 2 nitrogen and oxygen atoms in total. The number of fused-ring (bicyclic) bond motifs is 3. The topological polar surface area (TPSA) is 26.3 Å². The molecule has 0 aromatic heterocycles. The van der Waals surface area contributed by atoms with Crippen molar-refractivity contribution in [2.24, 2.45) is 11.3 Å². The monoisotopic (exact) mass is 258 g/mol. The molecule has 0 spiro atoms. The molecule has 19 heavy (non-hydrogen) atoms. The molecule has 0 aliphatic heterocycles. The zero-order valence-electron chi connectivity index (χ0n) is 12.0. The van der Waals surface area contributed by atoms with Crippen molar-refractivity contribution in [1.82, 2.24) is 0 Å². The van der Waals surface area contributed by atoms with Gasteiger partial charge in [-0.05, 0) is 36.8 Å². The molecule has 0 unspecified atom stereocenters. The van der Waals surface area contributed by atoms with Gasteiger partial charge in [-0.3, -0.25) is 4.79 Å². The first-order chi connectivity index (χ1) is 9.10. The average Bonchev–Trinajstić information content (AvgIpc) is 2.60. The fourth-order valence-electron chi connectivity index (χ4n) is 4.59. The largest absolute Gasteiger partial charge is 0.466 e. The van der Waals surface area contributed by atoms with Gasteiger partial charge in [-0.1, -0.05) is 44.5 Å². The van der Waals surface area contributed by atoms with Gasteiger partial charge in [0.2, 0.25) is 0 Å². The summed E-state index contributed by atoms with van der Waals surface area (Å²) in [4.78, 5) is 12.6. The highest BCUT2D eigenvalue weighted by Gasteiger charge is 2.70. The van der Waals surface area contributed by atoms with Crippen LogP contribution in [-0.2, 0) is 21.4 Å². The van der Waals surface area contributed by atoms with Gasteiger partial charge < -0.3 is 4.74 Å². The van der Waals surface area contributed by atoms with E-state index < -0.39 is 0 Å². The maximum Gasteiger partial charge on any atom is 0.313 e. The van der Waals surface area contributed by atoms with E-state index >= 15 is 0 Å². The standard InChI is InChI=1S/C17H22O2/c1-4-13-11-16(3)14-9-7-6-8-12(14)10-17(13,16)15(18)19-5-2/h6-9,13H,4-5,10-11H2,1-3H3/t13-,16+,17+/m0/s1. The quantitative estimate of drug-likeness (QED) is 0.776. The summed E-state index contributed by atoms with van der Waals surface area (Å²) in [7, 11) is 0. The summed E-state index contributed by atoms with van der Waals surface area (Å²) in [5.41, 5.74) is 2.39. The number of rotatable bonds is 3. The van der Waals surface area contributed by atoms with Crippen molar-refractivity contribution in [1.29, 1.82) is 0 Å². The lowest BCUT2D eigenvalue weighted by Gasteiger charge is -2.58. The Kier molecular flexibility index (Phi) is 2.74. The van der Waals surface area contributed by atoms with E-state index in [0.717, 1.165) is 19.3 Å². The van der Waals surface area contributed by atoms with Gasteiger partial charge in [0.25, 0.3) is 0 Å². The minimum atomic E-state index is -0.304. The summed E-state index contributed by atoms with van der Waals surface area (Å²) in [6, 6.07) is 8.53. The van der Waals surface area contributed by atoms with Crippen LogP contribution in [0, 0.1) is 11.3 Å². The van der Waals surface area contributed by atoms with Gasteiger partial charge >= 0.3 is 5.97 Å². The molecular weight excluding hydrogens is 236 g/mol. The first kappa shape index (κ1) is 12.7. The summed E-state index contributed by atoms with van der Waals surface area (Å²) >= 11 is 0. The summed E-state index contributed by atoms with van der Waals surface area (Å²) < 4.78 is 5.44. The molecule has 3 rings (SSSR count). The molecule has 1 aromatic rings. The lowest BCUT2D eigenvalue weighted by atomic mass is 9.44. The Hall–Kier alpha value is -1.31. The van der Waals surface area contributed by atoms with Crippen LogP contribution in [0.25, 0.3) is 0 Å². The number of ether oxygens (including phenoxy) is 1. The molecule has 102 valence electrons. The number of carbonyl (C=O) groups excluding carboxylic acids is 1. The van der Waals surface area contributed by atoms with E-state index in [1.807, 2.05) is 6.92 Å². The highest BCUT2D eigenvalue weighted by molar-refractivity contribution is 5.84. The van der Waals surface area contributed by atoms with Crippen molar-refractivity contribution in [3.63, 3.8) is 0 Å². The summed E-state index contributed by atoms with van der Waals surface area (Å²) in [5, 5.41) is 0. The van der Waals surface area contributed by atoms with Crippen LogP contribution >= 0.6 is 0 Å². The van der Waals surface area contributed by atoms with Crippen molar-refractivity contribution in [2.75, 3.05) is 6.61 Å². The first-order valence-electron chi connectivity index (χ1n) is 7.35. The third-order valence-corrected chi connectivity index (χ3v) is 5.55. The predicted molar refractivity (Wildman–Crippen MR) is 75.0 cm³/mol. The normalized spacial score (nSPS) is 35.2. The molecule has 0 heterocycles.